The molecule has 1 saturated carbocycles. The van der Waals surface area contributed by atoms with Gasteiger partial charge in [-0.2, -0.15) is 9.50 Å². The van der Waals surface area contributed by atoms with E-state index in [1.165, 1.54) is 11.3 Å². The molecule has 3 aliphatic heterocycles. The van der Waals surface area contributed by atoms with Gasteiger partial charge in [-0.3, -0.25) is 4.79 Å². The van der Waals surface area contributed by atoms with Gasteiger partial charge in [-0.05, 0) is 76.5 Å². The van der Waals surface area contributed by atoms with Crippen molar-refractivity contribution in [2.75, 3.05) is 31.1 Å². The average molecular weight is 531 g/mol. The van der Waals surface area contributed by atoms with E-state index in [1.54, 1.807) is 4.52 Å². The van der Waals surface area contributed by atoms with Gasteiger partial charge in [0.1, 0.15) is 11.9 Å². The molecule has 1 aromatic carbocycles. The summed E-state index contributed by atoms with van der Waals surface area (Å²) in [5.41, 5.74) is 4.44. The third kappa shape index (κ3) is 4.54. The first-order valence-corrected chi connectivity index (χ1v) is 14.6. The Kier molecular flexibility index (Phi) is 6.21. The molecule has 206 valence electrons. The van der Waals surface area contributed by atoms with Crippen LogP contribution in [0, 0.1) is 26.7 Å². The summed E-state index contributed by atoms with van der Waals surface area (Å²) < 4.78 is 13.9. The lowest BCUT2D eigenvalue weighted by atomic mass is 9.78. The minimum absolute atomic E-state index is 0.108. The fourth-order valence-electron chi connectivity index (χ4n) is 7.19. The van der Waals surface area contributed by atoms with Crippen molar-refractivity contribution in [2.24, 2.45) is 5.92 Å². The molecule has 0 N–H and O–H groups in total. The Bertz CT molecular complexity index is 1380. The molecule has 7 rings (SSSR count). The van der Waals surface area contributed by atoms with Crippen molar-refractivity contribution >= 4 is 17.4 Å². The van der Waals surface area contributed by atoms with E-state index in [0.717, 1.165) is 81.9 Å². The van der Waals surface area contributed by atoms with Gasteiger partial charge in [-0.1, -0.05) is 12.1 Å². The second kappa shape index (κ2) is 9.77. The monoisotopic (exact) mass is 530 g/mol. The van der Waals surface area contributed by atoms with Gasteiger partial charge in [-0.25, -0.2) is 4.98 Å². The predicted molar refractivity (Wildman–Crippen MR) is 147 cm³/mol. The van der Waals surface area contributed by atoms with Crippen LogP contribution in [-0.4, -0.2) is 74.9 Å². The van der Waals surface area contributed by atoms with Crippen molar-refractivity contribution in [3.05, 3.63) is 47.0 Å². The molecule has 2 aromatic heterocycles. The van der Waals surface area contributed by atoms with Gasteiger partial charge in [0.05, 0.1) is 36.7 Å². The van der Waals surface area contributed by atoms with Crippen LogP contribution in [0.15, 0.2) is 24.3 Å². The highest BCUT2D eigenvalue weighted by molar-refractivity contribution is 5.79. The number of fused-ring (bicyclic) bond motifs is 3. The highest BCUT2D eigenvalue weighted by Gasteiger charge is 2.43. The van der Waals surface area contributed by atoms with E-state index in [-0.39, 0.29) is 18.1 Å². The summed E-state index contributed by atoms with van der Waals surface area (Å²) in [4.78, 5) is 26.6. The van der Waals surface area contributed by atoms with Gasteiger partial charge >= 0.3 is 0 Å². The summed E-state index contributed by atoms with van der Waals surface area (Å²) in [6.45, 7) is 9.23. The molecule has 4 aliphatic rings. The van der Waals surface area contributed by atoms with Crippen LogP contribution in [0.3, 0.4) is 0 Å². The number of hydrogen-bond acceptors (Lipinski definition) is 7. The van der Waals surface area contributed by atoms with Gasteiger partial charge < -0.3 is 19.3 Å². The molecular formula is C30H38N6O3. The third-order valence-corrected chi connectivity index (χ3v) is 9.36. The van der Waals surface area contributed by atoms with Gasteiger partial charge in [0.2, 0.25) is 5.91 Å². The zero-order chi connectivity index (χ0) is 26.7. The summed E-state index contributed by atoms with van der Waals surface area (Å²) in [5, 5.41) is 4.47. The van der Waals surface area contributed by atoms with E-state index < -0.39 is 0 Å². The molecule has 2 bridgehead atoms. The number of carbonyl (C=O) groups excluding carboxylic acids is 1. The maximum absolute atomic E-state index is 13.1. The molecule has 39 heavy (non-hydrogen) atoms. The number of likely N-dealkylation sites (tertiary alicyclic amines) is 1. The number of aromatic nitrogens is 4. The number of ether oxygens (including phenoxy) is 2. The molecule has 4 fully saturated rings. The maximum Gasteiger partial charge on any atom is 0.253 e. The number of morpholine rings is 1. The molecule has 9 nitrogen and oxygen atoms in total. The van der Waals surface area contributed by atoms with Crippen LogP contribution in [0.2, 0.25) is 0 Å². The van der Waals surface area contributed by atoms with Crippen molar-refractivity contribution in [2.45, 2.75) is 83.5 Å². The fourth-order valence-corrected chi connectivity index (χ4v) is 7.19. The number of hydrogen-bond donors (Lipinski definition) is 0. The van der Waals surface area contributed by atoms with E-state index in [9.17, 15) is 4.79 Å². The zero-order valence-electron chi connectivity index (χ0n) is 23.2. The first-order chi connectivity index (χ1) is 18.9. The lowest BCUT2D eigenvalue weighted by Gasteiger charge is -2.34. The molecule has 3 atom stereocenters. The molecule has 9 heteroatoms. The SMILES string of the molecule is Cc1nc2nc(C)c(O[C@@H]3CCN(c4ccc([C@H]5CC[C@H](C(=O)N6CC7CC6CO7)CC5)cc4)C3)c(C)n2n1. The van der Waals surface area contributed by atoms with E-state index >= 15 is 0 Å². The van der Waals surface area contributed by atoms with Crippen LogP contribution in [-0.2, 0) is 9.53 Å². The number of carbonyl (C=O) groups is 1. The van der Waals surface area contributed by atoms with Gasteiger partial charge in [-0.15, -0.1) is 5.10 Å². The lowest BCUT2D eigenvalue weighted by Crippen LogP contribution is -2.45. The van der Waals surface area contributed by atoms with Crippen molar-refractivity contribution in [3.8, 4) is 5.75 Å². The maximum atomic E-state index is 13.1. The molecule has 3 aromatic rings. The second-order valence-electron chi connectivity index (χ2n) is 11.9. The predicted octanol–water partition coefficient (Wildman–Crippen LogP) is 3.98. The fraction of sp³-hybridized carbons (Fsp3) is 0.600. The van der Waals surface area contributed by atoms with Gasteiger partial charge in [0, 0.05) is 31.1 Å². The largest absolute Gasteiger partial charge is 0.485 e. The molecule has 0 spiro atoms. The van der Waals surface area contributed by atoms with Crippen LogP contribution in [0.5, 0.6) is 5.75 Å². The molecule has 2 unspecified atom stereocenters. The van der Waals surface area contributed by atoms with E-state index in [4.69, 9.17) is 9.47 Å². The Hall–Kier alpha value is -3.20. The number of aryl methyl sites for hydroxylation is 3. The lowest BCUT2D eigenvalue weighted by molar-refractivity contribution is -0.141. The highest BCUT2D eigenvalue weighted by atomic mass is 16.5. The summed E-state index contributed by atoms with van der Waals surface area (Å²) in [5.74, 6) is 3.26. The molecule has 1 aliphatic carbocycles. The standard InChI is InChI=1S/C30H38N6O3/c1-18-28(19(2)36-30(31-18)32-20(3)33-36)39-26-12-13-34(15-26)24-10-8-22(9-11-24)21-4-6-23(7-5-21)29(37)35-16-27-14-25(35)17-38-27/h8-11,21,23,25-27H,4-7,12-17H2,1-3H3/t21-,23-,25?,26-,27?/m1/s1. The van der Waals surface area contributed by atoms with E-state index in [2.05, 4.69) is 49.1 Å². The third-order valence-electron chi connectivity index (χ3n) is 9.36. The van der Waals surface area contributed by atoms with Crippen LogP contribution in [0.1, 0.15) is 67.2 Å². The minimum atomic E-state index is 0.108. The van der Waals surface area contributed by atoms with Crippen molar-refractivity contribution < 1.29 is 14.3 Å². The topological polar surface area (TPSA) is 85.1 Å². The van der Waals surface area contributed by atoms with Crippen molar-refractivity contribution in [1.29, 1.82) is 0 Å². The summed E-state index contributed by atoms with van der Waals surface area (Å²) >= 11 is 0. The summed E-state index contributed by atoms with van der Waals surface area (Å²) in [6, 6.07) is 9.45. The number of nitrogens with zero attached hydrogens (tertiary/aromatic N) is 6. The number of anilines is 1. The number of rotatable bonds is 5. The average Bonchev–Trinajstić information content (AvgIpc) is 3.76. The first kappa shape index (κ1) is 24.8. The van der Waals surface area contributed by atoms with Gasteiger partial charge in [0.25, 0.3) is 5.78 Å². The Balaban J connectivity index is 0.945. The van der Waals surface area contributed by atoms with Crippen molar-refractivity contribution in [3.63, 3.8) is 0 Å². The first-order valence-electron chi connectivity index (χ1n) is 14.6. The summed E-state index contributed by atoms with van der Waals surface area (Å²) in [6.07, 6.45) is 6.58. The van der Waals surface area contributed by atoms with Crippen molar-refractivity contribution in [1.82, 2.24) is 24.5 Å². The minimum Gasteiger partial charge on any atom is -0.485 e. The van der Waals surface area contributed by atoms with Gasteiger partial charge in [0.15, 0.2) is 5.75 Å². The Labute approximate surface area is 229 Å². The molecular weight excluding hydrogens is 492 g/mol. The molecule has 0 radical (unpaired) electrons. The highest BCUT2D eigenvalue weighted by Crippen LogP contribution is 2.39. The molecule has 1 amide bonds. The molecule has 3 saturated heterocycles. The van der Waals surface area contributed by atoms with E-state index in [1.807, 2.05) is 20.8 Å². The van der Waals surface area contributed by atoms with Crippen LogP contribution in [0.4, 0.5) is 5.69 Å². The Morgan fingerprint density at radius 1 is 1.00 bits per heavy atom. The summed E-state index contributed by atoms with van der Waals surface area (Å²) in [7, 11) is 0. The Morgan fingerprint density at radius 3 is 2.51 bits per heavy atom. The van der Waals surface area contributed by atoms with Crippen LogP contribution >= 0.6 is 0 Å². The normalized spacial score (nSPS) is 28.5. The zero-order valence-corrected chi connectivity index (χ0v) is 23.2. The Morgan fingerprint density at radius 2 is 1.79 bits per heavy atom. The smallest absolute Gasteiger partial charge is 0.253 e. The molecule has 5 heterocycles. The quantitative estimate of drug-likeness (QED) is 0.493. The van der Waals surface area contributed by atoms with Crippen LogP contribution < -0.4 is 9.64 Å². The van der Waals surface area contributed by atoms with Crippen LogP contribution in [0.25, 0.3) is 5.78 Å². The number of benzene rings is 1. The number of amides is 1. The van der Waals surface area contributed by atoms with E-state index in [0.29, 0.717) is 29.5 Å². The second-order valence-corrected chi connectivity index (χ2v) is 11.9.